The van der Waals surface area contributed by atoms with E-state index in [1.165, 1.54) is 35.0 Å². The predicted molar refractivity (Wildman–Crippen MR) is 99.4 cm³/mol. The van der Waals surface area contributed by atoms with Gasteiger partial charge in [-0.05, 0) is 43.1 Å². The van der Waals surface area contributed by atoms with E-state index < -0.39 is 11.0 Å². The van der Waals surface area contributed by atoms with Crippen molar-refractivity contribution in [2.45, 2.75) is 11.8 Å². The Morgan fingerprint density at radius 1 is 1.12 bits per heavy atom. The second-order valence-electron chi connectivity index (χ2n) is 5.37. The van der Waals surface area contributed by atoms with Crippen LogP contribution in [0.15, 0.2) is 65.7 Å². The topological polar surface area (TPSA) is 102 Å². The number of amides is 2. The lowest BCUT2D eigenvalue weighted by molar-refractivity contribution is -0.384. The van der Waals surface area contributed by atoms with E-state index in [0.29, 0.717) is 11.5 Å². The van der Waals surface area contributed by atoms with Crippen molar-refractivity contribution in [1.29, 1.82) is 0 Å². The number of anilines is 1. The number of benzene rings is 2. The molecule has 0 aliphatic rings. The van der Waals surface area contributed by atoms with Crippen molar-refractivity contribution in [3.05, 3.63) is 76.5 Å². The number of aromatic nitrogens is 2. The first-order chi connectivity index (χ1) is 12.5. The van der Waals surface area contributed by atoms with Gasteiger partial charge >= 0.3 is 6.03 Å². The summed E-state index contributed by atoms with van der Waals surface area (Å²) in [5.74, 6) is 0.445. The molecule has 1 aromatic heterocycles. The Morgan fingerprint density at radius 2 is 1.81 bits per heavy atom. The van der Waals surface area contributed by atoms with E-state index in [2.05, 4.69) is 15.1 Å². The molecule has 0 aliphatic heterocycles. The van der Waals surface area contributed by atoms with Crippen LogP contribution in [-0.2, 0) is 0 Å². The van der Waals surface area contributed by atoms with Gasteiger partial charge in [0.15, 0.2) is 0 Å². The van der Waals surface area contributed by atoms with Crippen LogP contribution in [0.25, 0.3) is 5.69 Å². The summed E-state index contributed by atoms with van der Waals surface area (Å²) in [5.41, 5.74) is 1.73. The SMILES string of the molecule is Cc1ccc(SNC(=O)Nc2ccnn2-c2ccc([N+](=O)[O-])cc2)cc1. The van der Waals surface area contributed by atoms with Crippen molar-refractivity contribution in [3.63, 3.8) is 0 Å². The summed E-state index contributed by atoms with van der Waals surface area (Å²) >= 11 is 1.20. The molecule has 1 heterocycles. The smallest absolute Gasteiger partial charge is 0.292 e. The number of nitrogens with zero attached hydrogens (tertiary/aromatic N) is 3. The van der Waals surface area contributed by atoms with Crippen molar-refractivity contribution in [1.82, 2.24) is 14.5 Å². The molecule has 0 saturated heterocycles. The van der Waals surface area contributed by atoms with Gasteiger partial charge in [0.2, 0.25) is 0 Å². The summed E-state index contributed by atoms with van der Waals surface area (Å²) < 4.78 is 4.18. The maximum atomic E-state index is 12.1. The summed E-state index contributed by atoms with van der Waals surface area (Å²) in [6.45, 7) is 1.99. The highest BCUT2D eigenvalue weighted by Crippen LogP contribution is 2.19. The fourth-order valence-corrected chi connectivity index (χ4v) is 2.71. The molecule has 132 valence electrons. The van der Waals surface area contributed by atoms with Crippen molar-refractivity contribution >= 4 is 29.5 Å². The molecule has 8 nitrogen and oxygen atoms in total. The van der Waals surface area contributed by atoms with Gasteiger partial charge in [0.25, 0.3) is 5.69 Å². The summed E-state index contributed by atoms with van der Waals surface area (Å²) in [5, 5.41) is 17.6. The number of nitro benzene ring substituents is 1. The van der Waals surface area contributed by atoms with E-state index in [1.54, 1.807) is 18.2 Å². The first-order valence-corrected chi connectivity index (χ1v) is 8.44. The minimum atomic E-state index is -0.470. The monoisotopic (exact) mass is 369 g/mol. The van der Waals surface area contributed by atoms with Crippen molar-refractivity contribution < 1.29 is 9.72 Å². The third-order valence-electron chi connectivity index (χ3n) is 3.47. The van der Waals surface area contributed by atoms with Gasteiger partial charge in [0.1, 0.15) is 5.82 Å². The van der Waals surface area contributed by atoms with E-state index in [0.717, 1.165) is 10.5 Å². The minimum Gasteiger partial charge on any atom is -0.292 e. The standard InChI is InChI=1S/C17H15N5O3S/c1-12-2-8-15(9-3-12)26-20-17(23)19-16-10-11-18-21(16)13-4-6-14(7-5-13)22(24)25/h2-11H,1H3,(H2,19,20,23). The van der Waals surface area contributed by atoms with Gasteiger partial charge in [0.05, 0.1) is 16.8 Å². The van der Waals surface area contributed by atoms with Crippen LogP contribution in [0.3, 0.4) is 0 Å². The van der Waals surface area contributed by atoms with E-state index >= 15 is 0 Å². The molecular formula is C17H15N5O3S. The van der Waals surface area contributed by atoms with Crippen LogP contribution in [0.4, 0.5) is 16.3 Å². The molecule has 0 radical (unpaired) electrons. The maximum absolute atomic E-state index is 12.1. The van der Waals surface area contributed by atoms with Crippen LogP contribution in [0, 0.1) is 17.0 Å². The van der Waals surface area contributed by atoms with Crippen molar-refractivity contribution in [3.8, 4) is 5.69 Å². The molecule has 0 bridgehead atoms. The van der Waals surface area contributed by atoms with Crippen LogP contribution in [0.5, 0.6) is 0 Å². The molecule has 0 spiro atoms. The second-order valence-corrected chi connectivity index (χ2v) is 6.25. The van der Waals surface area contributed by atoms with Crippen molar-refractivity contribution in [2.24, 2.45) is 0 Å². The van der Waals surface area contributed by atoms with Crippen LogP contribution in [0.1, 0.15) is 5.56 Å². The fraction of sp³-hybridized carbons (Fsp3) is 0.0588. The summed E-state index contributed by atoms with van der Waals surface area (Å²) in [4.78, 5) is 23.3. The lowest BCUT2D eigenvalue weighted by atomic mass is 10.2. The molecule has 3 aromatic rings. The Balaban J connectivity index is 1.65. The highest BCUT2D eigenvalue weighted by molar-refractivity contribution is 7.98. The van der Waals surface area contributed by atoms with Crippen LogP contribution in [-0.4, -0.2) is 20.7 Å². The van der Waals surface area contributed by atoms with Gasteiger partial charge in [-0.25, -0.2) is 9.48 Å². The molecule has 0 aliphatic carbocycles. The quantitative estimate of drug-likeness (QED) is 0.403. The Hall–Kier alpha value is -3.33. The summed E-state index contributed by atoms with van der Waals surface area (Å²) in [6, 6.07) is 14.9. The van der Waals surface area contributed by atoms with E-state index in [9.17, 15) is 14.9 Å². The third-order valence-corrected chi connectivity index (χ3v) is 4.27. The first-order valence-electron chi connectivity index (χ1n) is 7.62. The Bertz CT molecular complexity index is 922. The normalized spacial score (nSPS) is 10.3. The zero-order chi connectivity index (χ0) is 18.5. The van der Waals surface area contributed by atoms with Gasteiger partial charge in [-0.1, -0.05) is 17.7 Å². The lowest BCUT2D eigenvalue weighted by Crippen LogP contribution is -2.24. The number of nitro groups is 1. The molecule has 2 aromatic carbocycles. The van der Waals surface area contributed by atoms with Crippen LogP contribution < -0.4 is 10.0 Å². The van der Waals surface area contributed by atoms with Gasteiger partial charge in [-0.15, -0.1) is 0 Å². The molecule has 0 saturated carbocycles. The highest BCUT2D eigenvalue weighted by Gasteiger charge is 2.11. The molecule has 0 unspecified atom stereocenters. The number of non-ortho nitro benzene ring substituents is 1. The number of rotatable bonds is 5. The summed E-state index contributed by atoms with van der Waals surface area (Å²) in [7, 11) is 0. The fourth-order valence-electron chi connectivity index (χ4n) is 2.17. The van der Waals surface area contributed by atoms with E-state index in [4.69, 9.17) is 0 Å². The number of carbonyl (C=O) groups is 1. The highest BCUT2D eigenvalue weighted by atomic mass is 32.2. The van der Waals surface area contributed by atoms with Gasteiger partial charge in [0, 0.05) is 23.1 Å². The van der Waals surface area contributed by atoms with Crippen LogP contribution in [0.2, 0.25) is 0 Å². The predicted octanol–water partition coefficient (Wildman–Crippen LogP) is 3.92. The molecular weight excluding hydrogens is 354 g/mol. The zero-order valence-electron chi connectivity index (χ0n) is 13.7. The Morgan fingerprint density at radius 3 is 2.46 bits per heavy atom. The largest absolute Gasteiger partial charge is 0.330 e. The van der Waals surface area contributed by atoms with Crippen LogP contribution >= 0.6 is 11.9 Å². The van der Waals surface area contributed by atoms with Crippen molar-refractivity contribution in [2.75, 3.05) is 5.32 Å². The second kappa shape index (κ2) is 7.70. The average Bonchev–Trinajstić information content (AvgIpc) is 3.09. The zero-order valence-corrected chi connectivity index (χ0v) is 14.6. The van der Waals surface area contributed by atoms with E-state index in [1.807, 2.05) is 31.2 Å². The van der Waals surface area contributed by atoms with E-state index in [-0.39, 0.29) is 5.69 Å². The summed E-state index contributed by atoms with van der Waals surface area (Å²) in [6.07, 6.45) is 1.53. The number of urea groups is 1. The average molecular weight is 369 g/mol. The molecule has 2 amide bonds. The molecule has 0 atom stereocenters. The van der Waals surface area contributed by atoms with Gasteiger partial charge in [-0.2, -0.15) is 5.10 Å². The first kappa shape index (κ1) is 17.5. The number of hydrogen-bond donors (Lipinski definition) is 2. The Kier molecular flexibility index (Phi) is 5.18. The van der Waals surface area contributed by atoms with Gasteiger partial charge in [-0.3, -0.25) is 20.2 Å². The third kappa shape index (κ3) is 4.19. The number of nitrogens with one attached hydrogen (secondary N) is 2. The number of aryl methyl sites for hydroxylation is 1. The number of hydrogen-bond acceptors (Lipinski definition) is 5. The maximum Gasteiger partial charge on any atom is 0.330 e. The lowest BCUT2D eigenvalue weighted by Gasteiger charge is -2.09. The molecule has 9 heteroatoms. The molecule has 0 fully saturated rings. The molecule has 3 rings (SSSR count). The molecule has 2 N–H and O–H groups in total. The number of carbonyl (C=O) groups excluding carboxylic acids is 1. The van der Waals surface area contributed by atoms with Gasteiger partial charge < -0.3 is 0 Å². The Labute approximate surface area is 153 Å². The minimum absolute atomic E-state index is 0.0114. The molecule has 26 heavy (non-hydrogen) atoms.